The van der Waals surface area contributed by atoms with Crippen molar-refractivity contribution >= 4 is 45.6 Å². The lowest BCUT2D eigenvalue weighted by Crippen LogP contribution is -2.33. The topological polar surface area (TPSA) is 91.4 Å². The number of amides is 4. The number of anilines is 1. The second kappa shape index (κ2) is 9.48. The predicted molar refractivity (Wildman–Crippen MR) is 126 cm³/mol. The smallest absolute Gasteiger partial charge is 0.329 e. The number of benzene rings is 2. The molecule has 2 aromatic carbocycles. The molecule has 0 unspecified atom stereocenters. The van der Waals surface area contributed by atoms with Crippen LogP contribution >= 0.6 is 11.3 Å². The van der Waals surface area contributed by atoms with E-state index in [0.717, 1.165) is 21.5 Å². The quantitative estimate of drug-likeness (QED) is 0.508. The van der Waals surface area contributed by atoms with Crippen molar-refractivity contribution in [2.75, 3.05) is 11.4 Å². The molecular formula is C24H26N4O3S. The van der Waals surface area contributed by atoms with E-state index in [-0.39, 0.29) is 24.7 Å². The minimum absolute atomic E-state index is 0.142. The van der Waals surface area contributed by atoms with E-state index in [1.807, 2.05) is 36.4 Å². The fourth-order valence-corrected chi connectivity index (χ4v) is 4.70. The van der Waals surface area contributed by atoms with Crippen LogP contribution in [0.15, 0.2) is 47.8 Å². The maximum Gasteiger partial charge on any atom is 0.329 e. The van der Waals surface area contributed by atoms with Gasteiger partial charge in [0, 0.05) is 30.2 Å². The Morgan fingerprint density at radius 2 is 1.97 bits per heavy atom. The van der Waals surface area contributed by atoms with Crippen LogP contribution in [0.1, 0.15) is 43.3 Å². The van der Waals surface area contributed by atoms with Gasteiger partial charge in [-0.05, 0) is 23.8 Å². The van der Waals surface area contributed by atoms with E-state index in [2.05, 4.69) is 34.8 Å². The zero-order valence-electron chi connectivity index (χ0n) is 18.1. The molecule has 4 amide bonds. The Kier molecular flexibility index (Phi) is 6.50. The fourth-order valence-electron chi connectivity index (χ4n) is 3.74. The molecule has 166 valence electrons. The minimum Gasteiger partial charge on any atom is -0.356 e. The van der Waals surface area contributed by atoms with Gasteiger partial charge in [-0.15, -0.1) is 11.3 Å². The number of carbonyl (C=O) groups excluding carboxylic acids is 3. The van der Waals surface area contributed by atoms with Crippen LogP contribution in [-0.2, 0) is 16.0 Å². The maximum absolute atomic E-state index is 12.9. The number of urea groups is 1. The molecule has 0 radical (unpaired) electrons. The highest BCUT2D eigenvalue weighted by atomic mass is 32.1. The lowest BCUT2D eigenvalue weighted by atomic mass is 10.1. The van der Waals surface area contributed by atoms with Crippen molar-refractivity contribution < 1.29 is 14.4 Å². The Balaban J connectivity index is 1.31. The first-order chi connectivity index (χ1) is 15.4. The Bertz CT molecular complexity index is 1150. The van der Waals surface area contributed by atoms with Crippen molar-refractivity contribution in [2.45, 2.75) is 45.1 Å². The third-order valence-electron chi connectivity index (χ3n) is 5.51. The first-order valence-corrected chi connectivity index (χ1v) is 11.6. The van der Waals surface area contributed by atoms with Gasteiger partial charge in [0.1, 0.15) is 6.04 Å². The van der Waals surface area contributed by atoms with Crippen molar-refractivity contribution in [1.29, 1.82) is 0 Å². The summed E-state index contributed by atoms with van der Waals surface area (Å²) in [5.41, 5.74) is 1.63. The molecular weight excluding hydrogens is 424 g/mol. The number of fused-ring (bicyclic) bond motifs is 1. The predicted octanol–water partition coefficient (Wildman–Crippen LogP) is 3.98. The molecule has 2 heterocycles. The number of rotatable bonds is 8. The molecule has 0 saturated carbocycles. The third-order valence-corrected chi connectivity index (χ3v) is 6.44. The minimum atomic E-state index is -0.709. The fraction of sp³-hybridized carbons (Fsp3) is 0.333. The van der Waals surface area contributed by atoms with E-state index in [1.165, 1.54) is 4.90 Å². The summed E-state index contributed by atoms with van der Waals surface area (Å²) >= 11 is 1.60. The van der Waals surface area contributed by atoms with Gasteiger partial charge in [-0.1, -0.05) is 50.2 Å². The number of imide groups is 1. The molecule has 0 spiro atoms. The highest BCUT2D eigenvalue weighted by Crippen LogP contribution is 2.29. The highest BCUT2D eigenvalue weighted by Gasteiger charge is 2.39. The molecule has 32 heavy (non-hydrogen) atoms. The molecule has 1 saturated heterocycles. The van der Waals surface area contributed by atoms with Gasteiger partial charge in [-0.2, -0.15) is 0 Å². The number of hydrogen-bond acceptors (Lipinski definition) is 5. The van der Waals surface area contributed by atoms with Crippen molar-refractivity contribution in [3.05, 3.63) is 58.5 Å². The average Bonchev–Trinajstić information content (AvgIpc) is 3.36. The molecule has 8 heteroatoms. The van der Waals surface area contributed by atoms with E-state index < -0.39 is 12.1 Å². The zero-order valence-corrected chi connectivity index (χ0v) is 18.9. The van der Waals surface area contributed by atoms with Crippen LogP contribution in [0.5, 0.6) is 0 Å². The zero-order chi connectivity index (χ0) is 22.7. The SMILES string of the molecule is CC(C)c1csc(CCNC(=O)CC[C@H]2NC(=O)N(c3cccc4ccccc34)C2=O)n1. The molecule has 1 aliphatic heterocycles. The second-order valence-corrected chi connectivity index (χ2v) is 9.08. The second-order valence-electron chi connectivity index (χ2n) is 8.13. The Labute approximate surface area is 190 Å². The first-order valence-electron chi connectivity index (χ1n) is 10.8. The van der Waals surface area contributed by atoms with Gasteiger partial charge >= 0.3 is 6.03 Å². The van der Waals surface area contributed by atoms with Gasteiger partial charge in [-0.3, -0.25) is 9.59 Å². The van der Waals surface area contributed by atoms with Gasteiger partial charge in [-0.25, -0.2) is 14.7 Å². The maximum atomic E-state index is 12.9. The molecule has 1 fully saturated rings. The molecule has 0 aliphatic carbocycles. The molecule has 3 aromatic rings. The van der Waals surface area contributed by atoms with Gasteiger partial charge in [0.15, 0.2) is 0 Å². The van der Waals surface area contributed by atoms with Crippen molar-refractivity contribution in [3.8, 4) is 0 Å². The summed E-state index contributed by atoms with van der Waals surface area (Å²) in [6, 6.07) is 12.0. The molecule has 4 rings (SSSR count). The number of nitrogens with one attached hydrogen (secondary N) is 2. The standard InChI is InChI=1S/C24H26N4O3S/c1-15(2)19-14-32-22(26-19)12-13-25-21(29)11-10-18-23(30)28(24(31)27-18)20-9-5-7-16-6-3-4-8-17(16)20/h3-9,14-15,18H,10-13H2,1-2H3,(H,25,29)(H,27,31)/t18-/m1/s1. The first kappa shape index (κ1) is 22.0. The molecule has 1 atom stereocenters. The summed E-state index contributed by atoms with van der Waals surface area (Å²) in [4.78, 5) is 43.5. The highest BCUT2D eigenvalue weighted by molar-refractivity contribution is 7.09. The molecule has 1 aromatic heterocycles. The number of nitrogens with zero attached hydrogens (tertiary/aromatic N) is 2. The molecule has 0 bridgehead atoms. The summed E-state index contributed by atoms with van der Waals surface area (Å²) in [6.07, 6.45) is 1.10. The Morgan fingerprint density at radius 3 is 2.75 bits per heavy atom. The van der Waals surface area contributed by atoms with Gasteiger partial charge in [0.25, 0.3) is 5.91 Å². The normalized spacial score (nSPS) is 16.1. The lowest BCUT2D eigenvalue weighted by molar-refractivity contribution is -0.121. The summed E-state index contributed by atoms with van der Waals surface area (Å²) in [7, 11) is 0. The Hall–Kier alpha value is -3.26. The van der Waals surface area contributed by atoms with Crippen LogP contribution in [0.3, 0.4) is 0 Å². The monoisotopic (exact) mass is 450 g/mol. The summed E-state index contributed by atoms with van der Waals surface area (Å²) in [5, 5.41) is 10.4. The summed E-state index contributed by atoms with van der Waals surface area (Å²) in [5.74, 6) is -0.0818. The number of thiazole rings is 1. The van der Waals surface area contributed by atoms with Gasteiger partial charge in [0.05, 0.1) is 16.4 Å². The number of hydrogen-bond donors (Lipinski definition) is 2. The lowest BCUT2D eigenvalue weighted by Gasteiger charge is -2.15. The number of aromatic nitrogens is 1. The largest absolute Gasteiger partial charge is 0.356 e. The average molecular weight is 451 g/mol. The number of carbonyl (C=O) groups is 3. The van der Waals surface area contributed by atoms with Crippen LogP contribution in [0.25, 0.3) is 10.8 Å². The van der Waals surface area contributed by atoms with Gasteiger partial charge < -0.3 is 10.6 Å². The van der Waals surface area contributed by atoms with Crippen LogP contribution in [0.4, 0.5) is 10.5 Å². The van der Waals surface area contributed by atoms with E-state index >= 15 is 0 Å². The van der Waals surface area contributed by atoms with E-state index in [0.29, 0.717) is 24.6 Å². The molecule has 7 nitrogen and oxygen atoms in total. The van der Waals surface area contributed by atoms with E-state index in [1.54, 1.807) is 17.4 Å². The van der Waals surface area contributed by atoms with Crippen LogP contribution < -0.4 is 15.5 Å². The molecule has 1 aliphatic rings. The van der Waals surface area contributed by atoms with Crippen LogP contribution in [0.2, 0.25) is 0 Å². The van der Waals surface area contributed by atoms with Crippen molar-refractivity contribution in [3.63, 3.8) is 0 Å². The summed E-state index contributed by atoms with van der Waals surface area (Å²) < 4.78 is 0. The van der Waals surface area contributed by atoms with E-state index in [9.17, 15) is 14.4 Å². The Morgan fingerprint density at radius 1 is 1.19 bits per heavy atom. The van der Waals surface area contributed by atoms with E-state index in [4.69, 9.17) is 0 Å². The van der Waals surface area contributed by atoms with Crippen molar-refractivity contribution in [2.24, 2.45) is 0 Å². The van der Waals surface area contributed by atoms with Crippen LogP contribution in [-0.4, -0.2) is 35.4 Å². The van der Waals surface area contributed by atoms with Crippen molar-refractivity contribution in [1.82, 2.24) is 15.6 Å². The third kappa shape index (κ3) is 4.65. The van der Waals surface area contributed by atoms with Crippen LogP contribution in [0, 0.1) is 0 Å². The summed E-state index contributed by atoms with van der Waals surface area (Å²) in [6.45, 7) is 4.70. The molecule has 2 N–H and O–H groups in total. The van der Waals surface area contributed by atoms with Gasteiger partial charge in [0.2, 0.25) is 5.91 Å².